The zero-order valence-electron chi connectivity index (χ0n) is 9.40. The first-order chi connectivity index (χ1) is 8.24. The minimum absolute atomic E-state index is 0.103. The van der Waals surface area contributed by atoms with Crippen LogP contribution in [-0.4, -0.2) is 59.2 Å². The largest absolute Gasteiger partial charge is 0.379 e. The average Bonchev–Trinajstić information content (AvgIpc) is 2.29. The molecule has 2 rings (SSSR count). The van der Waals surface area contributed by atoms with Gasteiger partial charge in [-0.1, -0.05) is 0 Å². The Bertz CT molecular complexity index is 350. The van der Waals surface area contributed by atoms with Crippen LogP contribution in [0.25, 0.3) is 0 Å². The summed E-state index contributed by atoms with van der Waals surface area (Å²) in [5.41, 5.74) is 5.46. The lowest BCUT2D eigenvalue weighted by Gasteiger charge is -2.26. The van der Waals surface area contributed by atoms with Crippen molar-refractivity contribution in [3.63, 3.8) is 0 Å². The predicted molar refractivity (Wildman–Crippen MR) is 65.0 cm³/mol. The number of aromatic nitrogens is 3. The van der Waals surface area contributed by atoms with Crippen molar-refractivity contribution in [2.75, 3.05) is 50.4 Å². The summed E-state index contributed by atoms with van der Waals surface area (Å²) in [6, 6.07) is 0. The van der Waals surface area contributed by atoms with Crippen LogP contribution in [0.15, 0.2) is 0 Å². The minimum Gasteiger partial charge on any atom is -0.379 e. The Morgan fingerprint density at radius 3 is 2.76 bits per heavy atom. The van der Waals surface area contributed by atoms with E-state index in [1.165, 1.54) is 0 Å². The molecule has 7 nitrogen and oxygen atoms in total. The highest BCUT2D eigenvalue weighted by Gasteiger charge is 2.09. The van der Waals surface area contributed by atoms with Gasteiger partial charge >= 0.3 is 0 Å². The molecule has 1 aliphatic rings. The molecule has 94 valence electrons. The Labute approximate surface area is 104 Å². The number of nitrogens with two attached hydrogens (primary N) is 1. The van der Waals surface area contributed by atoms with Crippen LogP contribution in [0.2, 0.25) is 5.28 Å². The Hall–Kier alpha value is -1.18. The maximum Gasteiger partial charge on any atom is 0.228 e. The van der Waals surface area contributed by atoms with Gasteiger partial charge in [-0.2, -0.15) is 15.0 Å². The molecule has 0 spiro atoms. The van der Waals surface area contributed by atoms with E-state index in [0.717, 1.165) is 39.4 Å². The van der Waals surface area contributed by atoms with Gasteiger partial charge in [0.2, 0.25) is 17.2 Å². The zero-order valence-corrected chi connectivity index (χ0v) is 10.2. The van der Waals surface area contributed by atoms with Gasteiger partial charge in [-0.3, -0.25) is 4.90 Å². The monoisotopic (exact) mass is 258 g/mol. The topological polar surface area (TPSA) is 89.2 Å². The van der Waals surface area contributed by atoms with E-state index in [2.05, 4.69) is 25.2 Å². The van der Waals surface area contributed by atoms with Crippen LogP contribution in [0.3, 0.4) is 0 Å². The van der Waals surface area contributed by atoms with E-state index in [-0.39, 0.29) is 11.2 Å². The summed E-state index contributed by atoms with van der Waals surface area (Å²) in [5.74, 6) is 0.537. The minimum atomic E-state index is 0.103. The zero-order chi connectivity index (χ0) is 12.1. The molecule has 0 radical (unpaired) electrons. The third-order valence-corrected chi connectivity index (χ3v) is 2.61. The highest BCUT2D eigenvalue weighted by molar-refractivity contribution is 6.28. The van der Waals surface area contributed by atoms with Gasteiger partial charge in [-0.05, 0) is 11.6 Å². The van der Waals surface area contributed by atoms with Gasteiger partial charge in [0.15, 0.2) is 0 Å². The van der Waals surface area contributed by atoms with E-state index >= 15 is 0 Å². The number of ether oxygens (including phenoxy) is 1. The maximum absolute atomic E-state index is 5.67. The molecule has 0 amide bonds. The number of nitrogen functional groups attached to an aromatic ring is 1. The van der Waals surface area contributed by atoms with Crippen LogP contribution in [-0.2, 0) is 4.74 Å². The smallest absolute Gasteiger partial charge is 0.228 e. The molecule has 0 bridgehead atoms. The molecule has 0 atom stereocenters. The summed E-state index contributed by atoms with van der Waals surface area (Å²) in [4.78, 5) is 13.9. The molecule has 3 N–H and O–H groups in total. The number of rotatable bonds is 4. The van der Waals surface area contributed by atoms with Crippen LogP contribution >= 0.6 is 11.6 Å². The first-order valence-electron chi connectivity index (χ1n) is 5.45. The van der Waals surface area contributed by atoms with Crippen LogP contribution in [0.5, 0.6) is 0 Å². The van der Waals surface area contributed by atoms with Crippen molar-refractivity contribution in [2.45, 2.75) is 0 Å². The standard InChI is InChI=1S/C9H15ClN6O/c10-7-13-8(11)15-9(14-7)12-1-2-16-3-5-17-6-4-16/h1-6H2,(H3,11,12,13,14,15). The van der Waals surface area contributed by atoms with Crippen LogP contribution in [0, 0.1) is 0 Å². The van der Waals surface area contributed by atoms with Crippen molar-refractivity contribution in [3.8, 4) is 0 Å². The molecule has 0 unspecified atom stereocenters. The average molecular weight is 259 g/mol. The van der Waals surface area contributed by atoms with Gasteiger partial charge < -0.3 is 15.8 Å². The van der Waals surface area contributed by atoms with Crippen LogP contribution in [0.1, 0.15) is 0 Å². The van der Waals surface area contributed by atoms with E-state index < -0.39 is 0 Å². The fourth-order valence-corrected chi connectivity index (χ4v) is 1.76. The van der Waals surface area contributed by atoms with E-state index in [1.54, 1.807) is 0 Å². The molecule has 1 aliphatic heterocycles. The van der Waals surface area contributed by atoms with Gasteiger partial charge in [0.05, 0.1) is 13.2 Å². The van der Waals surface area contributed by atoms with Crippen LogP contribution < -0.4 is 11.1 Å². The highest BCUT2D eigenvalue weighted by atomic mass is 35.5. The molecular weight excluding hydrogens is 244 g/mol. The van der Waals surface area contributed by atoms with Crippen molar-refractivity contribution in [2.24, 2.45) is 0 Å². The number of morpholine rings is 1. The summed E-state index contributed by atoms with van der Waals surface area (Å²) in [5, 5.41) is 3.17. The van der Waals surface area contributed by atoms with Crippen molar-refractivity contribution < 1.29 is 4.74 Å². The molecule has 1 fully saturated rings. The third-order valence-electron chi connectivity index (χ3n) is 2.44. The summed E-state index contributed by atoms with van der Waals surface area (Å²) in [6.07, 6.45) is 0. The molecular formula is C9H15ClN6O. The van der Waals surface area contributed by atoms with E-state index in [0.29, 0.717) is 5.95 Å². The molecule has 0 aliphatic carbocycles. The lowest BCUT2D eigenvalue weighted by atomic mass is 10.4. The molecule has 1 aromatic rings. The second-order valence-electron chi connectivity index (χ2n) is 3.67. The first kappa shape index (κ1) is 12.3. The van der Waals surface area contributed by atoms with Crippen molar-refractivity contribution in [1.82, 2.24) is 19.9 Å². The van der Waals surface area contributed by atoms with Crippen molar-refractivity contribution in [3.05, 3.63) is 5.28 Å². The fraction of sp³-hybridized carbons (Fsp3) is 0.667. The van der Waals surface area contributed by atoms with E-state index in [9.17, 15) is 0 Å². The number of halogens is 1. The molecule has 17 heavy (non-hydrogen) atoms. The van der Waals surface area contributed by atoms with Gasteiger partial charge in [0, 0.05) is 26.2 Å². The van der Waals surface area contributed by atoms with Crippen molar-refractivity contribution in [1.29, 1.82) is 0 Å². The second-order valence-corrected chi connectivity index (χ2v) is 4.01. The first-order valence-corrected chi connectivity index (χ1v) is 5.83. The lowest BCUT2D eigenvalue weighted by Crippen LogP contribution is -2.39. The maximum atomic E-state index is 5.67. The SMILES string of the molecule is Nc1nc(Cl)nc(NCCN2CCOCC2)n1. The van der Waals surface area contributed by atoms with Crippen LogP contribution in [0.4, 0.5) is 11.9 Å². The van der Waals surface area contributed by atoms with Gasteiger partial charge in [-0.25, -0.2) is 0 Å². The Morgan fingerprint density at radius 1 is 1.29 bits per heavy atom. The lowest BCUT2D eigenvalue weighted by molar-refractivity contribution is 0.0398. The summed E-state index contributed by atoms with van der Waals surface area (Å²) < 4.78 is 5.27. The number of hydrogen-bond acceptors (Lipinski definition) is 7. The summed E-state index contributed by atoms with van der Waals surface area (Å²) in [7, 11) is 0. The Kier molecular flexibility index (Phi) is 4.29. The predicted octanol–water partition coefficient (Wildman–Crippen LogP) is -0.149. The second kappa shape index (κ2) is 5.95. The van der Waals surface area contributed by atoms with Crippen molar-refractivity contribution >= 4 is 23.5 Å². The van der Waals surface area contributed by atoms with Gasteiger partial charge in [0.1, 0.15) is 0 Å². The highest BCUT2D eigenvalue weighted by Crippen LogP contribution is 2.06. The van der Waals surface area contributed by atoms with Gasteiger partial charge in [-0.15, -0.1) is 0 Å². The summed E-state index contributed by atoms with van der Waals surface area (Å²) in [6.45, 7) is 5.16. The van der Waals surface area contributed by atoms with Gasteiger partial charge in [0.25, 0.3) is 0 Å². The quantitative estimate of drug-likeness (QED) is 0.776. The Morgan fingerprint density at radius 2 is 2.06 bits per heavy atom. The number of hydrogen-bond donors (Lipinski definition) is 2. The molecule has 0 aromatic carbocycles. The number of nitrogens with zero attached hydrogens (tertiary/aromatic N) is 4. The van der Waals surface area contributed by atoms with E-state index in [1.807, 2.05) is 0 Å². The molecule has 1 aromatic heterocycles. The number of nitrogens with one attached hydrogen (secondary N) is 1. The Balaban J connectivity index is 1.77. The number of anilines is 2. The molecule has 0 saturated carbocycles. The molecule has 2 heterocycles. The molecule has 1 saturated heterocycles. The normalized spacial score (nSPS) is 17.0. The van der Waals surface area contributed by atoms with E-state index in [4.69, 9.17) is 22.1 Å². The summed E-state index contributed by atoms with van der Waals surface area (Å²) >= 11 is 5.67. The third kappa shape index (κ3) is 3.95. The fourth-order valence-electron chi connectivity index (χ4n) is 1.60. The molecule has 8 heteroatoms.